The van der Waals surface area contributed by atoms with Gasteiger partial charge in [-0.15, -0.1) is 10.2 Å². The number of ether oxygens (including phenoxy) is 1. The van der Waals surface area contributed by atoms with E-state index in [0.29, 0.717) is 5.82 Å². The molecule has 1 unspecified atom stereocenters. The topological polar surface area (TPSA) is 92.8 Å². The van der Waals surface area contributed by atoms with Gasteiger partial charge in [0.25, 0.3) is 5.91 Å². The SMILES string of the molecule is COc1ccc(C(=O)NC(C)c2nn[nH]n2)cc1F. The average molecular weight is 265 g/mol. The Morgan fingerprint density at radius 1 is 1.53 bits per heavy atom. The first-order valence-electron chi connectivity index (χ1n) is 5.49. The molecule has 1 aromatic heterocycles. The highest BCUT2D eigenvalue weighted by molar-refractivity contribution is 5.94. The van der Waals surface area contributed by atoms with E-state index in [4.69, 9.17) is 4.74 Å². The Bertz CT molecular complexity index is 572. The van der Waals surface area contributed by atoms with Gasteiger partial charge in [-0.3, -0.25) is 4.79 Å². The van der Waals surface area contributed by atoms with Crippen LogP contribution < -0.4 is 10.1 Å². The van der Waals surface area contributed by atoms with Gasteiger partial charge >= 0.3 is 0 Å². The molecule has 0 spiro atoms. The van der Waals surface area contributed by atoms with Gasteiger partial charge in [-0.1, -0.05) is 5.21 Å². The number of H-pyrrole nitrogens is 1. The normalized spacial score (nSPS) is 11.9. The van der Waals surface area contributed by atoms with Gasteiger partial charge in [-0.2, -0.15) is 5.21 Å². The predicted molar refractivity (Wildman–Crippen MR) is 63.0 cm³/mol. The smallest absolute Gasteiger partial charge is 0.251 e. The van der Waals surface area contributed by atoms with E-state index in [0.717, 1.165) is 6.07 Å². The molecule has 0 saturated heterocycles. The maximum absolute atomic E-state index is 13.5. The number of methoxy groups -OCH3 is 1. The molecule has 100 valence electrons. The van der Waals surface area contributed by atoms with Crippen molar-refractivity contribution in [2.24, 2.45) is 0 Å². The number of hydrogen-bond acceptors (Lipinski definition) is 5. The molecule has 2 rings (SSSR count). The van der Waals surface area contributed by atoms with Crippen LogP contribution in [0.2, 0.25) is 0 Å². The maximum atomic E-state index is 13.5. The van der Waals surface area contributed by atoms with E-state index >= 15 is 0 Å². The Morgan fingerprint density at radius 2 is 2.32 bits per heavy atom. The molecule has 7 nitrogen and oxygen atoms in total. The monoisotopic (exact) mass is 265 g/mol. The van der Waals surface area contributed by atoms with Gasteiger partial charge in [0.1, 0.15) is 0 Å². The molecule has 1 aromatic carbocycles. The molecule has 0 aliphatic carbocycles. The van der Waals surface area contributed by atoms with Crippen LogP contribution in [0.25, 0.3) is 0 Å². The molecule has 0 saturated carbocycles. The standard InChI is InChI=1S/C11H12FN5O2/c1-6(10-14-16-17-15-10)13-11(18)7-3-4-9(19-2)8(12)5-7/h3-6H,1-2H3,(H,13,18)(H,14,15,16,17). The van der Waals surface area contributed by atoms with Crippen LogP contribution >= 0.6 is 0 Å². The second-order valence-electron chi connectivity index (χ2n) is 3.81. The van der Waals surface area contributed by atoms with Crippen molar-refractivity contribution in [3.8, 4) is 5.75 Å². The molecule has 2 N–H and O–H groups in total. The van der Waals surface area contributed by atoms with Crippen molar-refractivity contribution in [2.75, 3.05) is 7.11 Å². The van der Waals surface area contributed by atoms with Crippen LogP contribution in [0.1, 0.15) is 29.1 Å². The molecule has 0 radical (unpaired) electrons. The van der Waals surface area contributed by atoms with Gasteiger partial charge in [0, 0.05) is 5.56 Å². The number of rotatable bonds is 4. The van der Waals surface area contributed by atoms with Crippen LogP contribution in [0.3, 0.4) is 0 Å². The van der Waals surface area contributed by atoms with Gasteiger partial charge in [0.2, 0.25) is 0 Å². The first-order valence-corrected chi connectivity index (χ1v) is 5.49. The highest BCUT2D eigenvalue weighted by Crippen LogP contribution is 2.18. The summed E-state index contributed by atoms with van der Waals surface area (Å²) in [7, 11) is 1.36. The van der Waals surface area contributed by atoms with Crippen molar-refractivity contribution in [1.82, 2.24) is 25.9 Å². The van der Waals surface area contributed by atoms with Crippen molar-refractivity contribution in [3.05, 3.63) is 35.4 Å². The van der Waals surface area contributed by atoms with Crippen LogP contribution in [0.4, 0.5) is 4.39 Å². The lowest BCUT2D eigenvalue weighted by Gasteiger charge is -2.10. The molecule has 19 heavy (non-hydrogen) atoms. The fraction of sp³-hybridized carbons (Fsp3) is 0.273. The molecule has 0 fully saturated rings. The highest BCUT2D eigenvalue weighted by Gasteiger charge is 2.16. The van der Waals surface area contributed by atoms with Gasteiger partial charge in [0.05, 0.1) is 13.2 Å². The Morgan fingerprint density at radius 3 is 2.89 bits per heavy atom. The summed E-state index contributed by atoms with van der Waals surface area (Å²) in [6.45, 7) is 1.70. The summed E-state index contributed by atoms with van der Waals surface area (Å²) in [5, 5.41) is 15.8. The molecule has 8 heteroatoms. The summed E-state index contributed by atoms with van der Waals surface area (Å²) < 4.78 is 18.3. The highest BCUT2D eigenvalue weighted by atomic mass is 19.1. The van der Waals surface area contributed by atoms with Crippen molar-refractivity contribution in [2.45, 2.75) is 13.0 Å². The number of aromatic amines is 1. The lowest BCUT2D eigenvalue weighted by Crippen LogP contribution is -2.27. The number of nitrogens with zero attached hydrogens (tertiary/aromatic N) is 3. The number of amides is 1. The number of hydrogen-bond donors (Lipinski definition) is 2. The molecule has 0 aliphatic heterocycles. The van der Waals surface area contributed by atoms with Crippen LogP contribution in [0.15, 0.2) is 18.2 Å². The Balaban J connectivity index is 2.10. The van der Waals surface area contributed by atoms with Gasteiger partial charge < -0.3 is 10.1 Å². The fourth-order valence-corrected chi connectivity index (χ4v) is 1.51. The molecular weight excluding hydrogens is 253 g/mol. The molecule has 1 amide bonds. The Hall–Kier alpha value is -2.51. The van der Waals surface area contributed by atoms with Gasteiger partial charge in [-0.25, -0.2) is 4.39 Å². The van der Waals surface area contributed by atoms with Crippen LogP contribution in [0.5, 0.6) is 5.75 Å². The lowest BCUT2D eigenvalue weighted by atomic mass is 10.2. The van der Waals surface area contributed by atoms with E-state index in [1.165, 1.54) is 19.2 Å². The number of carbonyl (C=O) groups excluding carboxylic acids is 1. The molecule has 2 aromatic rings. The van der Waals surface area contributed by atoms with Crippen molar-refractivity contribution in [1.29, 1.82) is 0 Å². The van der Waals surface area contributed by atoms with Gasteiger partial charge in [-0.05, 0) is 25.1 Å². The van der Waals surface area contributed by atoms with Crippen molar-refractivity contribution >= 4 is 5.91 Å². The molecule has 0 bridgehead atoms. The second-order valence-corrected chi connectivity index (χ2v) is 3.81. The zero-order chi connectivity index (χ0) is 13.8. The first kappa shape index (κ1) is 12.9. The molecule has 1 atom stereocenters. The largest absolute Gasteiger partial charge is 0.494 e. The number of nitrogens with one attached hydrogen (secondary N) is 2. The quantitative estimate of drug-likeness (QED) is 0.854. The number of aromatic nitrogens is 4. The number of tetrazole rings is 1. The maximum Gasteiger partial charge on any atom is 0.251 e. The number of halogens is 1. The summed E-state index contributed by atoms with van der Waals surface area (Å²) in [4.78, 5) is 11.9. The third-order valence-electron chi connectivity index (χ3n) is 2.51. The zero-order valence-corrected chi connectivity index (χ0v) is 10.3. The third kappa shape index (κ3) is 2.84. The minimum Gasteiger partial charge on any atom is -0.494 e. The molecule has 0 aliphatic rings. The fourth-order valence-electron chi connectivity index (χ4n) is 1.51. The van der Waals surface area contributed by atoms with Crippen LogP contribution in [-0.4, -0.2) is 33.6 Å². The van der Waals surface area contributed by atoms with Gasteiger partial charge in [0.15, 0.2) is 17.4 Å². The van der Waals surface area contributed by atoms with Crippen molar-refractivity contribution in [3.63, 3.8) is 0 Å². The molecule has 1 heterocycles. The summed E-state index contributed by atoms with van der Waals surface area (Å²) in [6, 6.07) is 3.54. The number of carbonyl (C=O) groups is 1. The van der Waals surface area contributed by atoms with E-state index in [-0.39, 0.29) is 11.3 Å². The summed E-state index contributed by atoms with van der Waals surface area (Å²) >= 11 is 0. The Kier molecular flexibility index (Phi) is 3.69. The van der Waals surface area contributed by atoms with E-state index < -0.39 is 17.8 Å². The minimum absolute atomic E-state index is 0.0859. The summed E-state index contributed by atoms with van der Waals surface area (Å²) in [6.07, 6.45) is 0. The third-order valence-corrected chi connectivity index (χ3v) is 2.51. The van der Waals surface area contributed by atoms with E-state index in [2.05, 4.69) is 25.9 Å². The predicted octanol–water partition coefficient (Wildman–Crippen LogP) is 0.838. The van der Waals surface area contributed by atoms with E-state index in [1.807, 2.05) is 0 Å². The van der Waals surface area contributed by atoms with Crippen molar-refractivity contribution < 1.29 is 13.9 Å². The summed E-state index contributed by atoms with van der Waals surface area (Å²) in [5.74, 6) is -0.591. The van der Waals surface area contributed by atoms with Crippen LogP contribution in [-0.2, 0) is 0 Å². The Labute approximate surface area is 108 Å². The second kappa shape index (κ2) is 5.42. The van der Waals surface area contributed by atoms with E-state index in [9.17, 15) is 9.18 Å². The molecular formula is C11H12FN5O2. The minimum atomic E-state index is -0.595. The lowest BCUT2D eigenvalue weighted by molar-refractivity contribution is 0.0937. The zero-order valence-electron chi connectivity index (χ0n) is 10.3. The van der Waals surface area contributed by atoms with Crippen LogP contribution in [0, 0.1) is 5.82 Å². The summed E-state index contributed by atoms with van der Waals surface area (Å²) in [5.41, 5.74) is 0.189. The number of benzene rings is 1. The first-order chi connectivity index (χ1) is 9.11. The van der Waals surface area contributed by atoms with E-state index in [1.54, 1.807) is 6.92 Å². The average Bonchev–Trinajstić information content (AvgIpc) is 2.92.